The van der Waals surface area contributed by atoms with E-state index in [1.54, 1.807) is 24.4 Å². The highest BCUT2D eigenvalue weighted by Gasteiger charge is 2.16. The average molecular weight is 430 g/mol. The Morgan fingerprint density at radius 2 is 1.91 bits per heavy atom. The van der Waals surface area contributed by atoms with Crippen LogP contribution in [-0.4, -0.2) is 45.8 Å². The Morgan fingerprint density at radius 1 is 1.12 bits per heavy atom. The summed E-state index contributed by atoms with van der Waals surface area (Å²) >= 11 is 0. The number of benzene rings is 2. The van der Waals surface area contributed by atoms with Gasteiger partial charge in [-0.05, 0) is 35.6 Å². The van der Waals surface area contributed by atoms with Crippen molar-refractivity contribution < 1.29 is 10.0 Å². The van der Waals surface area contributed by atoms with Gasteiger partial charge < -0.3 is 26.0 Å². The largest absolute Gasteiger partial charge is 0.488 e. The molecule has 0 spiro atoms. The maximum Gasteiger partial charge on any atom is 0.488 e. The Kier molecular flexibility index (Phi) is 6.13. The Labute approximate surface area is 187 Å². The van der Waals surface area contributed by atoms with Gasteiger partial charge >= 0.3 is 7.12 Å². The Morgan fingerprint density at radius 3 is 2.62 bits per heavy atom. The number of fused-ring (bicyclic) bond motifs is 1. The zero-order valence-corrected chi connectivity index (χ0v) is 18.4. The van der Waals surface area contributed by atoms with Gasteiger partial charge in [0, 0.05) is 38.3 Å². The maximum absolute atomic E-state index is 9.44. The molecule has 0 atom stereocenters. The highest BCUT2D eigenvalue weighted by Crippen LogP contribution is 2.28. The predicted molar refractivity (Wildman–Crippen MR) is 129 cm³/mol. The molecule has 164 valence electrons. The molecule has 2 aromatic heterocycles. The number of rotatable bonds is 7. The molecule has 2 aromatic carbocycles. The highest BCUT2D eigenvalue weighted by molar-refractivity contribution is 6.58. The van der Waals surface area contributed by atoms with Crippen molar-refractivity contribution in [2.45, 2.75) is 20.0 Å². The quantitative estimate of drug-likeness (QED) is 0.329. The summed E-state index contributed by atoms with van der Waals surface area (Å²) in [7, 11) is 2.38. The monoisotopic (exact) mass is 430 g/mol. The first kappa shape index (κ1) is 21.8. The molecule has 4 aromatic rings. The normalized spacial score (nSPS) is 11.1. The lowest BCUT2D eigenvalue weighted by Crippen LogP contribution is -2.30. The lowest BCUT2D eigenvalue weighted by molar-refractivity contribution is 0.425. The van der Waals surface area contributed by atoms with Crippen LogP contribution in [0.2, 0.25) is 0 Å². The second-order valence-corrected chi connectivity index (χ2v) is 7.95. The number of nitrogens with one attached hydrogen (secondary N) is 1. The molecule has 32 heavy (non-hydrogen) atoms. The fraction of sp³-hybridized carbons (Fsp3) is 0.217. The van der Waals surface area contributed by atoms with Crippen LogP contribution < -0.4 is 21.4 Å². The predicted octanol–water partition coefficient (Wildman–Crippen LogP) is 1.55. The summed E-state index contributed by atoms with van der Waals surface area (Å²) < 4.78 is 2.03. The minimum absolute atomic E-state index is 0.450. The van der Waals surface area contributed by atoms with Crippen molar-refractivity contribution in [2.24, 2.45) is 5.73 Å². The molecule has 0 saturated carbocycles. The van der Waals surface area contributed by atoms with E-state index in [0.29, 0.717) is 30.3 Å². The van der Waals surface area contributed by atoms with Crippen LogP contribution in [0.5, 0.6) is 0 Å². The number of aromatic nitrogens is 3. The lowest BCUT2D eigenvalue weighted by Gasteiger charge is -2.19. The van der Waals surface area contributed by atoms with Gasteiger partial charge in [-0.15, -0.1) is 0 Å². The first-order chi connectivity index (χ1) is 15.4. The third-order valence-electron chi connectivity index (χ3n) is 5.49. The van der Waals surface area contributed by atoms with E-state index >= 15 is 0 Å². The molecule has 0 saturated heterocycles. The summed E-state index contributed by atoms with van der Waals surface area (Å²) in [6.45, 7) is 2.97. The van der Waals surface area contributed by atoms with Crippen LogP contribution in [0, 0.1) is 6.92 Å². The fourth-order valence-corrected chi connectivity index (χ4v) is 3.85. The van der Waals surface area contributed by atoms with E-state index in [-0.39, 0.29) is 0 Å². The molecular weight excluding hydrogens is 403 g/mol. The standard InChI is InChI=1S/C23H27BN6O2/c1-15-10-19-17(12-25)7-5-9-20(19)30(15)23-27-14-21(29(2)3)22(28-23)26-13-16-6-4-8-18(11-16)24(31)32/h4-11,14,31-32H,12-13,25H2,1-3H3,(H,26,27,28). The molecular formula is C23H27BN6O2. The van der Waals surface area contributed by atoms with Gasteiger partial charge in [0.15, 0.2) is 5.82 Å². The lowest BCUT2D eigenvalue weighted by atomic mass is 9.80. The molecule has 0 aliphatic heterocycles. The van der Waals surface area contributed by atoms with Gasteiger partial charge in [0.2, 0.25) is 5.95 Å². The van der Waals surface area contributed by atoms with Crippen LogP contribution in [0.25, 0.3) is 16.9 Å². The first-order valence-electron chi connectivity index (χ1n) is 10.4. The van der Waals surface area contributed by atoms with Crippen molar-refractivity contribution in [2.75, 3.05) is 24.3 Å². The summed E-state index contributed by atoms with van der Waals surface area (Å²) in [5.41, 5.74) is 11.3. The van der Waals surface area contributed by atoms with Crippen LogP contribution in [0.15, 0.2) is 54.7 Å². The molecule has 0 aliphatic carbocycles. The summed E-state index contributed by atoms with van der Waals surface area (Å²) in [6.07, 6.45) is 1.80. The van der Waals surface area contributed by atoms with E-state index in [2.05, 4.69) is 16.4 Å². The minimum atomic E-state index is -1.50. The Bertz CT molecular complexity index is 1250. The SMILES string of the molecule is Cc1cc2c(CN)cccc2n1-c1ncc(N(C)C)c(NCc2cccc(B(O)O)c2)n1. The van der Waals surface area contributed by atoms with E-state index in [4.69, 9.17) is 10.7 Å². The second kappa shape index (κ2) is 9.00. The fourth-order valence-electron chi connectivity index (χ4n) is 3.85. The van der Waals surface area contributed by atoms with Crippen molar-refractivity contribution in [3.63, 3.8) is 0 Å². The molecule has 5 N–H and O–H groups in total. The van der Waals surface area contributed by atoms with Crippen LogP contribution in [0.4, 0.5) is 11.5 Å². The van der Waals surface area contributed by atoms with Crippen LogP contribution >= 0.6 is 0 Å². The summed E-state index contributed by atoms with van der Waals surface area (Å²) in [4.78, 5) is 11.4. The first-order valence-corrected chi connectivity index (χ1v) is 10.4. The third-order valence-corrected chi connectivity index (χ3v) is 5.49. The Balaban J connectivity index is 1.73. The van der Waals surface area contributed by atoms with Gasteiger partial charge in [-0.3, -0.25) is 4.57 Å². The Hall–Kier alpha value is -3.40. The molecule has 0 amide bonds. The number of hydrogen-bond acceptors (Lipinski definition) is 7. The number of aryl methyl sites for hydroxylation is 1. The van der Waals surface area contributed by atoms with Gasteiger partial charge in [0.25, 0.3) is 0 Å². The smallest absolute Gasteiger partial charge is 0.423 e. The zero-order chi connectivity index (χ0) is 22.8. The molecule has 9 heteroatoms. The molecule has 0 radical (unpaired) electrons. The molecule has 8 nitrogen and oxygen atoms in total. The molecule has 0 unspecified atom stereocenters. The van der Waals surface area contributed by atoms with Crippen LogP contribution in [0.3, 0.4) is 0 Å². The average Bonchev–Trinajstić information content (AvgIpc) is 3.13. The van der Waals surface area contributed by atoms with Crippen LogP contribution in [0.1, 0.15) is 16.8 Å². The molecule has 2 heterocycles. The van der Waals surface area contributed by atoms with Crippen molar-refractivity contribution in [3.05, 3.63) is 71.5 Å². The molecule has 4 rings (SSSR count). The zero-order valence-electron chi connectivity index (χ0n) is 18.4. The van der Waals surface area contributed by atoms with Gasteiger partial charge in [-0.2, -0.15) is 4.98 Å². The van der Waals surface area contributed by atoms with E-state index in [1.807, 2.05) is 54.8 Å². The molecule has 0 bridgehead atoms. The van der Waals surface area contributed by atoms with E-state index < -0.39 is 7.12 Å². The van der Waals surface area contributed by atoms with Crippen LogP contribution in [-0.2, 0) is 13.1 Å². The minimum Gasteiger partial charge on any atom is -0.423 e. The topological polar surface area (TPSA) is 112 Å². The van der Waals surface area contributed by atoms with Crippen molar-refractivity contribution in [1.29, 1.82) is 0 Å². The van der Waals surface area contributed by atoms with Gasteiger partial charge in [-0.25, -0.2) is 4.98 Å². The maximum atomic E-state index is 9.44. The second-order valence-electron chi connectivity index (χ2n) is 7.95. The number of nitrogens with zero attached hydrogens (tertiary/aromatic N) is 4. The van der Waals surface area contributed by atoms with Crippen molar-refractivity contribution >= 4 is 35.0 Å². The highest BCUT2D eigenvalue weighted by atomic mass is 16.4. The van der Waals surface area contributed by atoms with Gasteiger partial charge in [0.05, 0.1) is 17.4 Å². The summed E-state index contributed by atoms with van der Waals surface area (Å²) in [5.74, 6) is 1.26. The molecule has 0 aliphatic rings. The number of nitrogens with two attached hydrogens (primary N) is 1. The van der Waals surface area contributed by atoms with E-state index in [1.165, 1.54) is 0 Å². The molecule has 0 fully saturated rings. The van der Waals surface area contributed by atoms with E-state index in [9.17, 15) is 10.0 Å². The summed E-state index contributed by atoms with van der Waals surface area (Å²) in [6, 6.07) is 15.3. The van der Waals surface area contributed by atoms with Crippen molar-refractivity contribution in [1.82, 2.24) is 14.5 Å². The van der Waals surface area contributed by atoms with Gasteiger partial charge in [0.1, 0.15) is 0 Å². The van der Waals surface area contributed by atoms with E-state index in [0.717, 1.165) is 33.4 Å². The van der Waals surface area contributed by atoms with Gasteiger partial charge in [-0.1, -0.05) is 36.4 Å². The summed E-state index contributed by atoms with van der Waals surface area (Å²) in [5, 5.41) is 23.4. The number of anilines is 2. The number of hydrogen-bond donors (Lipinski definition) is 4. The third kappa shape index (κ3) is 4.18. The van der Waals surface area contributed by atoms with Crippen molar-refractivity contribution in [3.8, 4) is 5.95 Å².